The Kier molecular flexibility index (Phi) is 3.83. The average molecular weight is 272 g/mol. The van der Waals surface area contributed by atoms with Gasteiger partial charge in [0, 0.05) is 0 Å². The van der Waals surface area contributed by atoms with Gasteiger partial charge in [-0.15, -0.1) is 11.3 Å². The highest BCUT2D eigenvalue weighted by molar-refractivity contribution is 7.17. The van der Waals surface area contributed by atoms with Crippen LogP contribution < -0.4 is 5.32 Å². The van der Waals surface area contributed by atoms with E-state index in [0.717, 1.165) is 0 Å². The summed E-state index contributed by atoms with van der Waals surface area (Å²) in [4.78, 5) is 12.3. The summed E-state index contributed by atoms with van der Waals surface area (Å²) in [6.07, 6.45) is 1.49. The van der Waals surface area contributed by atoms with E-state index in [4.69, 9.17) is 16.0 Å². The van der Waals surface area contributed by atoms with Crippen LogP contribution in [0.3, 0.4) is 0 Å². The van der Waals surface area contributed by atoms with Crippen LogP contribution in [-0.4, -0.2) is 17.6 Å². The molecular weight excluding hydrogens is 262 g/mol. The summed E-state index contributed by atoms with van der Waals surface area (Å²) in [5, 5.41) is 11.9. The molecular formula is C11H10ClNO3S. The zero-order chi connectivity index (χ0) is 12.3. The molecule has 0 saturated heterocycles. The largest absolute Gasteiger partial charge is 0.467 e. The summed E-state index contributed by atoms with van der Waals surface area (Å²) in [5.41, 5.74) is 0. The monoisotopic (exact) mass is 271 g/mol. The van der Waals surface area contributed by atoms with E-state index in [1.165, 1.54) is 17.6 Å². The Bertz CT molecular complexity index is 495. The molecule has 2 N–H and O–H groups in total. The lowest BCUT2D eigenvalue weighted by Gasteiger charge is -2.12. The molecule has 4 nitrogen and oxygen atoms in total. The van der Waals surface area contributed by atoms with Crippen LogP contribution in [0.5, 0.6) is 0 Å². The molecule has 6 heteroatoms. The van der Waals surface area contributed by atoms with E-state index in [9.17, 15) is 9.90 Å². The first-order valence-electron chi connectivity index (χ1n) is 4.91. The van der Waals surface area contributed by atoms with Crippen LogP contribution >= 0.6 is 22.9 Å². The summed E-state index contributed by atoms with van der Waals surface area (Å²) in [5.74, 6) is 0.237. The van der Waals surface area contributed by atoms with Crippen LogP contribution in [0.1, 0.15) is 21.5 Å². The van der Waals surface area contributed by atoms with Crippen LogP contribution in [-0.2, 0) is 0 Å². The van der Waals surface area contributed by atoms with E-state index in [-0.39, 0.29) is 12.5 Å². The van der Waals surface area contributed by atoms with E-state index in [1.54, 1.807) is 24.3 Å². The van der Waals surface area contributed by atoms with Gasteiger partial charge in [-0.3, -0.25) is 4.79 Å². The Morgan fingerprint density at radius 1 is 1.53 bits per heavy atom. The zero-order valence-corrected chi connectivity index (χ0v) is 10.3. The second-order valence-corrected chi connectivity index (χ2v) is 5.04. The minimum Gasteiger partial charge on any atom is -0.467 e. The fraction of sp³-hybridized carbons (Fsp3) is 0.182. The molecule has 0 bridgehead atoms. The van der Waals surface area contributed by atoms with Crippen molar-refractivity contribution in [2.24, 2.45) is 0 Å². The third kappa shape index (κ3) is 2.88. The predicted molar refractivity (Wildman–Crippen MR) is 65.3 cm³/mol. The Morgan fingerprint density at radius 2 is 2.35 bits per heavy atom. The molecule has 2 aromatic rings. The highest BCUT2D eigenvalue weighted by atomic mass is 35.5. The first kappa shape index (κ1) is 12.2. The van der Waals surface area contributed by atoms with Gasteiger partial charge in [0.05, 0.1) is 22.1 Å². The second kappa shape index (κ2) is 5.35. The predicted octanol–water partition coefficient (Wildman–Crippen LogP) is 2.46. The quantitative estimate of drug-likeness (QED) is 0.898. The zero-order valence-electron chi connectivity index (χ0n) is 8.72. The molecule has 2 heterocycles. The number of halogens is 1. The minimum atomic E-state index is -0.543. The molecule has 2 aromatic heterocycles. The van der Waals surface area contributed by atoms with Crippen LogP contribution in [0.15, 0.2) is 34.9 Å². The molecule has 17 heavy (non-hydrogen) atoms. The average Bonchev–Trinajstić information content (AvgIpc) is 2.96. The van der Waals surface area contributed by atoms with Gasteiger partial charge in [0.1, 0.15) is 11.8 Å². The standard InChI is InChI=1S/C11H10ClNO3S/c12-10-4-3-9(17-10)11(15)13-7(6-14)8-2-1-5-16-8/h1-5,7,14H,6H2,(H,13,15). The van der Waals surface area contributed by atoms with Gasteiger partial charge in [-0.1, -0.05) is 11.6 Å². The van der Waals surface area contributed by atoms with Gasteiger partial charge in [-0.2, -0.15) is 0 Å². The molecule has 0 saturated carbocycles. The maximum atomic E-state index is 11.8. The summed E-state index contributed by atoms with van der Waals surface area (Å²) in [6, 6.07) is 6.15. The topological polar surface area (TPSA) is 62.5 Å². The van der Waals surface area contributed by atoms with Crippen molar-refractivity contribution in [1.29, 1.82) is 0 Å². The van der Waals surface area contributed by atoms with Crippen molar-refractivity contribution in [3.05, 3.63) is 45.5 Å². The van der Waals surface area contributed by atoms with Crippen LogP contribution in [0, 0.1) is 0 Å². The van der Waals surface area contributed by atoms with Gasteiger partial charge in [-0.25, -0.2) is 0 Å². The lowest BCUT2D eigenvalue weighted by molar-refractivity contribution is 0.0911. The number of carbonyl (C=O) groups is 1. The highest BCUT2D eigenvalue weighted by Crippen LogP contribution is 2.22. The molecule has 0 spiro atoms. The molecule has 0 aromatic carbocycles. The molecule has 0 aliphatic rings. The first-order valence-corrected chi connectivity index (χ1v) is 6.10. The van der Waals surface area contributed by atoms with Gasteiger partial charge in [0.2, 0.25) is 0 Å². The van der Waals surface area contributed by atoms with Crippen molar-refractivity contribution in [3.8, 4) is 0 Å². The van der Waals surface area contributed by atoms with Crippen LogP contribution in [0.4, 0.5) is 0 Å². The molecule has 0 aliphatic carbocycles. The Hall–Kier alpha value is -1.30. The maximum absolute atomic E-state index is 11.8. The fourth-order valence-corrected chi connectivity index (χ4v) is 2.31. The highest BCUT2D eigenvalue weighted by Gasteiger charge is 2.18. The van der Waals surface area contributed by atoms with E-state index < -0.39 is 6.04 Å². The smallest absolute Gasteiger partial charge is 0.262 e. The number of rotatable bonds is 4. The van der Waals surface area contributed by atoms with Gasteiger partial charge in [-0.05, 0) is 24.3 Å². The Labute approximate surface area is 107 Å². The van der Waals surface area contributed by atoms with Gasteiger partial charge in [0.15, 0.2) is 0 Å². The second-order valence-electron chi connectivity index (χ2n) is 3.33. The normalized spacial score (nSPS) is 12.4. The molecule has 0 fully saturated rings. The number of hydrogen-bond donors (Lipinski definition) is 2. The summed E-state index contributed by atoms with van der Waals surface area (Å²) in [7, 11) is 0. The number of thiophene rings is 1. The molecule has 90 valence electrons. The van der Waals surface area contributed by atoms with Crippen molar-refractivity contribution < 1.29 is 14.3 Å². The van der Waals surface area contributed by atoms with Crippen LogP contribution in [0.2, 0.25) is 4.34 Å². The summed E-state index contributed by atoms with van der Waals surface area (Å²) in [6.45, 7) is -0.224. The van der Waals surface area contributed by atoms with Crippen molar-refractivity contribution in [2.45, 2.75) is 6.04 Å². The van der Waals surface area contributed by atoms with E-state index in [2.05, 4.69) is 5.32 Å². The van der Waals surface area contributed by atoms with Crippen molar-refractivity contribution in [2.75, 3.05) is 6.61 Å². The number of hydrogen-bond acceptors (Lipinski definition) is 4. The lowest BCUT2D eigenvalue weighted by Crippen LogP contribution is -2.29. The third-order valence-corrected chi connectivity index (χ3v) is 3.40. The fourth-order valence-electron chi connectivity index (χ4n) is 1.36. The van der Waals surface area contributed by atoms with Crippen LogP contribution in [0.25, 0.3) is 0 Å². The van der Waals surface area contributed by atoms with E-state index in [0.29, 0.717) is 15.0 Å². The van der Waals surface area contributed by atoms with Crippen molar-refractivity contribution >= 4 is 28.8 Å². The van der Waals surface area contributed by atoms with Gasteiger partial charge < -0.3 is 14.8 Å². The van der Waals surface area contributed by atoms with Crippen molar-refractivity contribution in [3.63, 3.8) is 0 Å². The number of aliphatic hydroxyl groups is 1. The SMILES string of the molecule is O=C(NC(CO)c1ccco1)c1ccc(Cl)s1. The molecule has 2 rings (SSSR count). The molecule has 0 radical (unpaired) electrons. The molecule has 1 unspecified atom stereocenters. The minimum absolute atomic E-state index is 0.224. The first-order chi connectivity index (χ1) is 8.20. The number of nitrogens with one attached hydrogen (secondary N) is 1. The number of furan rings is 1. The molecule has 1 atom stereocenters. The number of aliphatic hydroxyl groups excluding tert-OH is 1. The molecule has 1 amide bonds. The lowest BCUT2D eigenvalue weighted by atomic mass is 10.2. The Balaban J connectivity index is 2.07. The maximum Gasteiger partial charge on any atom is 0.262 e. The summed E-state index contributed by atoms with van der Waals surface area (Å²) >= 11 is 6.93. The molecule has 0 aliphatic heterocycles. The van der Waals surface area contributed by atoms with Crippen molar-refractivity contribution in [1.82, 2.24) is 5.32 Å². The summed E-state index contributed by atoms with van der Waals surface area (Å²) < 4.78 is 5.68. The van der Waals surface area contributed by atoms with Gasteiger partial charge >= 0.3 is 0 Å². The third-order valence-electron chi connectivity index (χ3n) is 2.17. The van der Waals surface area contributed by atoms with E-state index >= 15 is 0 Å². The van der Waals surface area contributed by atoms with Gasteiger partial charge in [0.25, 0.3) is 5.91 Å². The number of carbonyl (C=O) groups excluding carboxylic acids is 1. The number of amides is 1. The van der Waals surface area contributed by atoms with E-state index in [1.807, 2.05) is 0 Å². The Morgan fingerprint density at radius 3 is 2.88 bits per heavy atom.